The van der Waals surface area contributed by atoms with Gasteiger partial charge in [0.15, 0.2) is 0 Å². The maximum atomic E-state index is 12.0. The fraction of sp³-hybridized carbons (Fsp3) is 0. The first-order valence-corrected chi connectivity index (χ1v) is 6.48. The lowest BCUT2D eigenvalue weighted by molar-refractivity contribution is 0.477. The lowest BCUT2D eigenvalue weighted by Crippen LogP contribution is -2.09. The SMILES string of the molecule is O=c1[nH]c(-c2ccc(Cl)cc2O)nc2ccc(Cl)cc12. The van der Waals surface area contributed by atoms with E-state index in [4.69, 9.17) is 23.2 Å². The number of aromatic hydroxyl groups is 1. The van der Waals surface area contributed by atoms with Crippen LogP contribution in [-0.4, -0.2) is 15.1 Å². The molecule has 1 heterocycles. The topological polar surface area (TPSA) is 66.0 Å². The first-order chi connectivity index (χ1) is 9.54. The first-order valence-electron chi connectivity index (χ1n) is 5.73. The molecule has 0 aliphatic rings. The van der Waals surface area contributed by atoms with Crippen molar-refractivity contribution >= 4 is 34.1 Å². The molecule has 0 bridgehead atoms. The molecule has 3 aromatic rings. The van der Waals surface area contributed by atoms with E-state index in [1.54, 1.807) is 30.3 Å². The van der Waals surface area contributed by atoms with Crippen molar-refractivity contribution in [3.8, 4) is 17.1 Å². The van der Waals surface area contributed by atoms with Crippen LogP contribution in [0, 0.1) is 0 Å². The summed E-state index contributed by atoms with van der Waals surface area (Å²) in [4.78, 5) is 19.0. The van der Waals surface area contributed by atoms with Gasteiger partial charge in [0.1, 0.15) is 11.6 Å². The highest BCUT2D eigenvalue weighted by molar-refractivity contribution is 6.31. The van der Waals surface area contributed by atoms with E-state index in [0.717, 1.165) is 0 Å². The smallest absolute Gasteiger partial charge is 0.259 e. The number of rotatable bonds is 1. The minimum atomic E-state index is -0.318. The molecule has 3 rings (SSSR count). The molecule has 0 spiro atoms. The number of halogens is 2. The highest BCUT2D eigenvalue weighted by Gasteiger charge is 2.10. The number of hydrogen-bond donors (Lipinski definition) is 2. The predicted molar refractivity (Wildman–Crippen MR) is 79.5 cm³/mol. The van der Waals surface area contributed by atoms with E-state index in [9.17, 15) is 9.90 Å². The van der Waals surface area contributed by atoms with Crippen molar-refractivity contribution in [3.63, 3.8) is 0 Å². The molecule has 100 valence electrons. The van der Waals surface area contributed by atoms with Crippen LogP contribution in [0.4, 0.5) is 0 Å². The fourth-order valence-corrected chi connectivity index (χ4v) is 2.28. The zero-order valence-electron chi connectivity index (χ0n) is 10.0. The molecule has 6 heteroatoms. The largest absolute Gasteiger partial charge is 0.507 e. The number of nitrogens with zero attached hydrogens (tertiary/aromatic N) is 1. The van der Waals surface area contributed by atoms with Gasteiger partial charge in [-0.1, -0.05) is 23.2 Å². The zero-order chi connectivity index (χ0) is 14.3. The third-order valence-corrected chi connectivity index (χ3v) is 3.35. The monoisotopic (exact) mass is 306 g/mol. The highest BCUT2D eigenvalue weighted by atomic mass is 35.5. The van der Waals surface area contributed by atoms with E-state index >= 15 is 0 Å². The van der Waals surface area contributed by atoms with Gasteiger partial charge in [-0.15, -0.1) is 0 Å². The van der Waals surface area contributed by atoms with Crippen molar-refractivity contribution in [1.82, 2.24) is 9.97 Å². The Kier molecular flexibility index (Phi) is 3.12. The molecule has 0 saturated carbocycles. The Hall–Kier alpha value is -2.04. The van der Waals surface area contributed by atoms with Crippen LogP contribution in [0.2, 0.25) is 10.0 Å². The van der Waals surface area contributed by atoms with Gasteiger partial charge >= 0.3 is 0 Å². The number of fused-ring (bicyclic) bond motifs is 1. The summed E-state index contributed by atoms with van der Waals surface area (Å²) in [6.45, 7) is 0. The number of nitrogens with one attached hydrogen (secondary N) is 1. The molecule has 4 nitrogen and oxygen atoms in total. The lowest BCUT2D eigenvalue weighted by atomic mass is 10.1. The Balaban J connectivity index is 2.27. The maximum absolute atomic E-state index is 12.0. The number of phenols is 1. The second-order valence-corrected chi connectivity index (χ2v) is 5.11. The molecule has 0 radical (unpaired) electrons. The molecule has 1 aromatic heterocycles. The van der Waals surface area contributed by atoms with E-state index in [2.05, 4.69) is 9.97 Å². The van der Waals surface area contributed by atoms with E-state index in [1.165, 1.54) is 6.07 Å². The first kappa shape index (κ1) is 13.0. The standard InChI is InChI=1S/C14H8Cl2N2O2/c15-7-2-4-11-10(5-7)14(20)18-13(17-11)9-3-1-8(16)6-12(9)19/h1-6,19H,(H,17,18,20). The summed E-state index contributed by atoms with van der Waals surface area (Å²) in [5.74, 6) is 0.230. The number of aromatic nitrogens is 2. The normalized spacial score (nSPS) is 10.9. The molecule has 0 saturated heterocycles. The molecule has 0 unspecified atom stereocenters. The summed E-state index contributed by atoms with van der Waals surface area (Å²) >= 11 is 11.6. The number of benzene rings is 2. The van der Waals surface area contributed by atoms with E-state index in [0.29, 0.717) is 26.5 Å². The van der Waals surface area contributed by atoms with Crippen molar-refractivity contribution in [2.45, 2.75) is 0 Å². The summed E-state index contributed by atoms with van der Waals surface area (Å²) in [7, 11) is 0. The van der Waals surface area contributed by atoms with Crippen molar-refractivity contribution < 1.29 is 5.11 Å². The molecule has 2 N–H and O–H groups in total. The number of phenolic OH excluding ortho intramolecular Hbond substituents is 1. The lowest BCUT2D eigenvalue weighted by Gasteiger charge is -2.06. The Morgan fingerprint density at radius 1 is 1.05 bits per heavy atom. The van der Waals surface area contributed by atoms with Gasteiger partial charge in [0.2, 0.25) is 0 Å². The second kappa shape index (κ2) is 4.81. The van der Waals surface area contributed by atoms with Gasteiger partial charge in [-0.3, -0.25) is 4.79 Å². The second-order valence-electron chi connectivity index (χ2n) is 4.24. The number of hydrogen-bond acceptors (Lipinski definition) is 3. The number of aromatic amines is 1. The van der Waals surface area contributed by atoms with Gasteiger partial charge in [-0.2, -0.15) is 0 Å². The average Bonchev–Trinajstić information content (AvgIpc) is 2.39. The molecule has 20 heavy (non-hydrogen) atoms. The summed E-state index contributed by atoms with van der Waals surface area (Å²) in [6.07, 6.45) is 0. The van der Waals surface area contributed by atoms with Gasteiger partial charge < -0.3 is 10.1 Å². The average molecular weight is 307 g/mol. The summed E-state index contributed by atoms with van der Waals surface area (Å²) < 4.78 is 0. The molecule has 2 aromatic carbocycles. The van der Waals surface area contributed by atoms with Crippen LogP contribution in [0.1, 0.15) is 0 Å². The Bertz CT molecular complexity index is 875. The van der Waals surface area contributed by atoms with E-state index < -0.39 is 0 Å². The Morgan fingerprint density at radius 2 is 1.75 bits per heavy atom. The van der Waals surface area contributed by atoms with E-state index in [-0.39, 0.29) is 17.1 Å². The zero-order valence-corrected chi connectivity index (χ0v) is 11.5. The van der Waals surface area contributed by atoms with Crippen LogP contribution in [0.3, 0.4) is 0 Å². The molecule has 0 atom stereocenters. The van der Waals surface area contributed by atoms with Gasteiger partial charge in [0.05, 0.1) is 16.5 Å². The number of H-pyrrole nitrogens is 1. The molecule has 0 aliphatic carbocycles. The molecule has 0 amide bonds. The molecular weight excluding hydrogens is 299 g/mol. The van der Waals surface area contributed by atoms with Crippen molar-refractivity contribution in [2.24, 2.45) is 0 Å². The van der Waals surface area contributed by atoms with Crippen molar-refractivity contribution in [2.75, 3.05) is 0 Å². The Morgan fingerprint density at radius 3 is 2.50 bits per heavy atom. The van der Waals surface area contributed by atoms with Crippen LogP contribution >= 0.6 is 23.2 Å². The summed E-state index contributed by atoms with van der Waals surface area (Å²) in [6, 6.07) is 9.46. The minimum Gasteiger partial charge on any atom is -0.507 e. The molecule has 0 fully saturated rings. The predicted octanol–water partition coefficient (Wildman–Crippen LogP) is 3.60. The van der Waals surface area contributed by atoms with Gasteiger partial charge in [0, 0.05) is 10.0 Å². The summed E-state index contributed by atoms with van der Waals surface area (Å²) in [5.41, 5.74) is 0.590. The summed E-state index contributed by atoms with van der Waals surface area (Å²) in [5, 5.41) is 11.2. The van der Waals surface area contributed by atoms with Gasteiger partial charge in [-0.25, -0.2) is 4.98 Å². The Labute approximate surface area is 123 Å². The third-order valence-electron chi connectivity index (χ3n) is 2.88. The molecule has 0 aliphatic heterocycles. The quantitative estimate of drug-likeness (QED) is 0.722. The fourth-order valence-electron chi connectivity index (χ4n) is 1.94. The van der Waals surface area contributed by atoms with Crippen LogP contribution in [0.25, 0.3) is 22.3 Å². The van der Waals surface area contributed by atoms with E-state index in [1.807, 2.05) is 0 Å². The van der Waals surface area contributed by atoms with Crippen molar-refractivity contribution in [1.29, 1.82) is 0 Å². The highest BCUT2D eigenvalue weighted by Crippen LogP contribution is 2.29. The van der Waals surface area contributed by atoms with Crippen LogP contribution < -0.4 is 5.56 Å². The van der Waals surface area contributed by atoms with Crippen molar-refractivity contribution in [3.05, 3.63) is 56.8 Å². The van der Waals surface area contributed by atoms with Gasteiger partial charge in [0.25, 0.3) is 5.56 Å². The molecular formula is C14H8Cl2N2O2. The van der Waals surface area contributed by atoms with Crippen LogP contribution in [-0.2, 0) is 0 Å². The minimum absolute atomic E-state index is 0.0473. The maximum Gasteiger partial charge on any atom is 0.259 e. The van der Waals surface area contributed by atoms with Crippen LogP contribution in [0.15, 0.2) is 41.2 Å². The third kappa shape index (κ3) is 2.24. The van der Waals surface area contributed by atoms with Crippen LogP contribution in [0.5, 0.6) is 5.75 Å². The van der Waals surface area contributed by atoms with Gasteiger partial charge in [-0.05, 0) is 36.4 Å².